The standard InChI is InChI=1S/C21H17BrFN3O3/c22-17-5-7-19(16-3-1-2-15(16)17)29-11-20(27)26-24-10-13-8-12-9-14(23)4-6-18(12)25-21(13)28/h4-10H,1-3,11H2,(H,25,28)(H,26,27)/b24-10+. The highest BCUT2D eigenvalue weighted by Gasteiger charge is 2.19. The zero-order valence-electron chi connectivity index (χ0n) is 15.3. The third kappa shape index (κ3) is 4.22. The molecule has 2 N–H and O–H groups in total. The average molecular weight is 458 g/mol. The number of fused-ring (bicyclic) bond motifs is 2. The lowest BCUT2D eigenvalue weighted by Crippen LogP contribution is -2.25. The summed E-state index contributed by atoms with van der Waals surface area (Å²) in [6.07, 6.45) is 4.20. The van der Waals surface area contributed by atoms with Crippen molar-refractivity contribution in [2.24, 2.45) is 5.10 Å². The van der Waals surface area contributed by atoms with Crippen LogP contribution in [0.2, 0.25) is 0 Å². The van der Waals surface area contributed by atoms with Gasteiger partial charge in [0.1, 0.15) is 11.6 Å². The molecule has 2 aromatic carbocycles. The summed E-state index contributed by atoms with van der Waals surface area (Å²) in [5.41, 5.74) is 5.04. The zero-order chi connectivity index (χ0) is 20.4. The van der Waals surface area contributed by atoms with Crippen LogP contribution in [0.15, 0.2) is 50.8 Å². The number of amides is 1. The third-order valence-corrected chi connectivity index (χ3v) is 5.51. The van der Waals surface area contributed by atoms with E-state index in [4.69, 9.17) is 4.74 Å². The largest absolute Gasteiger partial charge is 0.483 e. The summed E-state index contributed by atoms with van der Waals surface area (Å²) in [5.74, 6) is -0.149. The van der Waals surface area contributed by atoms with Gasteiger partial charge in [-0.2, -0.15) is 5.10 Å². The molecule has 1 aromatic heterocycles. The molecular formula is C21H17BrFN3O3. The lowest BCUT2D eigenvalue weighted by molar-refractivity contribution is -0.123. The van der Waals surface area contributed by atoms with Crippen molar-refractivity contribution in [3.63, 3.8) is 0 Å². The van der Waals surface area contributed by atoms with Crippen molar-refractivity contribution < 1.29 is 13.9 Å². The molecule has 0 bridgehead atoms. The van der Waals surface area contributed by atoms with Crippen molar-refractivity contribution in [1.82, 2.24) is 10.4 Å². The van der Waals surface area contributed by atoms with Crippen molar-refractivity contribution in [3.05, 3.63) is 73.7 Å². The maximum atomic E-state index is 13.4. The number of halogens is 2. The van der Waals surface area contributed by atoms with Crippen LogP contribution in [-0.2, 0) is 17.6 Å². The number of pyridine rings is 1. The first-order chi connectivity index (χ1) is 14.0. The predicted octanol–water partition coefficient (Wildman–Crippen LogP) is 3.45. The summed E-state index contributed by atoms with van der Waals surface area (Å²) in [7, 11) is 0. The van der Waals surface area contributed by atoms with E-state index >= 15 is 0 Å². The molecule has 0 fully saturated rings. The Morgan fingerprint density at radius 3 is 2.93 bits per heavy atom. The van der Waals surface area contributed by atoms with Gasteiger partial charge in [-0.1, -0.05) is 15.9 Å². The van der Waals surface area contributed by atoms with Crippen molar-refractivity contribution in [3.8, 4) is 5.75 Å². The molecule has 0 radical (unpaired) electrons. The smallest absolute Gasteiger partial charge is 0.277 e. The van der Waals surface area contributed by atoms with Crippen LogP contribution in [0.4, 0.5) is 4.39 Å². The molecule has 1 amide bonds. The first-order valence-electron chi connectivity index (χ1n) is 9.09. The van der Waals surface area contributed by atoms with E-state index in [-0.39, 0.29) is 17.7 Å². The number of hydrogen-bond acceptors (Lipinski definition) is 4. The number of aromatic nitrogens is 1. The summed E-state index contributed by atoms with van der Waals surface area (Å²) in [4.78, 5) is 26.7. The maximum Gasteiger partial charge on any atom is 0.277 e. The fourth-order valence-corrected chi connectivity index (χ4v) is 3.97. The number of benzene rings is 2. The molecule has 0 unspecified atom stereocenters. The van der Waals surface area contributed by atoms with Crippen LogP contribution >= 0.6 is 15.9 Å². The minimum Gasteiger partial charge on any atom is -0.483 e. The number of hydrogen-bond donors (Lipinski definition) is 2. The van der Waals surface area contributed by atoms with Gasteiger partial charge in [0.25, 0.3) is 11.5 Å². The predicted molar refractivity (Wildman–Crippen MR) is 112 cm³/mol. The molecule has 1 aliphatic rings. The molecule has 29 heavy (non-hydrogen) atoms. The number of ether oxygens (including phenoxy) is 1. The third-order valence-electron chi connectivity index (χ3n) is 4.77. The van der Waals surface area contributed by atoms with Crippen LogP contribution in [0.5, 0.6) is 5.75 Å². The van der Waals surface area contributed by atoms with E-state index in [1.807, 2.05) is 12.1 Å². The Bertz CT molecular complexity index is 1190. The molecule has 0 spiro atoms. The van der Waals surface area contributed by atoms with E-state index in [1.165, 1.54) is 36.0 Å². The first kappa shape index (κ1) is 19.3. The topological polar surface area (TPSA) is 83.5 Å². The van der Waals surface area contributed by atoms with Crippen LogP contribution in [0.1, 0.15) is 23.1 Å². The second-order valence-electron chi connectivity index (χ2n) is 6.72. The quantitative estimate of drug-likeness (QED) is 0.454. The highest BCUT2D eigenvalue weighted by atomic mass is 79.9. The van der Waals surface area contributed by atoms with Gasteiger partial charge in [-0.05, 0) is 66.8 Å². The molecule has 0 saturated carbocycles. The molecule has 6 nitrogen and oxygen atoms in total. The Balaban J connectivity index is 1.39. The van der Waals surface area contributed by atoms with Crippen LogP contribution in [-0.4, -0.2) is 23.7 Å². The van der Waals surface area contributed by atoms with E-state index < -0.39 is 11.7 Å². The number of nitrogens with one attached hydrogen (secondary N) is 2. The number of carbonyl (C=O) groups is 1. The molecule has 3 aromatic rings. The first-order valence-corrected chi connectivity index (χ1v) is 9.88. The van der Waals surface area contributed by atoms with E-state index in [0.29, 0.717) is 16.7 Å². The van der Waals surface area contributed by atoms with Crippen LogP contribution < -0.4 is 15.7 Å². The lowest BCUT2D eigenvalue weighted by Gasteiger charge is -2.11. The lowest BCUT2D eigenvalue weighted by atomic mass is 10.1. The minimum atomic E-state index is -0.445. The zero-order valence-corrected chi connectivity index (χ0v) is 16.9. The van der Waals surface area contributed by atoms with Crippen molar-refractivity contribution >= 4 is 39.0 Å². The van der Waals surface area contributed by atoms with Crippen molar-refractivity contribution in [2.75, 3.05) is 6.61 Å². The average Bonchev–Trinajstić information content (AvgIpc) is 3.19. The van der Waals surface area contributed by atoms with Gasteiger partial charge < -0.3 is 9.72 Å². The molecule has 148 valence electrons. The van der Waals surface area contributed by atoms with Crippen molar-refractivity contribution in [1.29, 1.82) is 0 Å². The molecule has 4 rings (SSSR count). The Hall–Kier alpha value is -3.00. The fraction of sp³-hybridized carbons (Fsp3) is 0.190. The number of hydrazone groups is 1. The summed E-state index contributed by atoms with van der Waals surface area (Å²) in [6, 6.07) is 9.35. The van der Waals surface area contributed by atoms with E-state index in [9.17, 15) is 14.0 Å². The summed E-state index contributed by atoms with van der Waals surface area (Å²) in [5, 5.41) is 4.34. The molecule has 0 aliphatic heterocycles. The Kier molecular flexibility index (Phi) is 5.44. The second-order valence-corrected chi connectivity index (χ2v) is 7.58. The number of carbonyl (C=O) groups excluding carboxylic acids is 1. The molecule has 0 atom stereocenters. The summed E-state index contributed by atoms with van der Waals surface area (Å²) < 4.78 is 20.1. The van der Waals surface area contributed by atoms with Gasteiger partial charge in [0, 0.05) is 15.4 Å². The van der Waals surface area contributed by atoms with Crippen LogP contribution in [0, 0.1) is 5.82 Å². The van der Waals surface area contributed by atoms with Crippen LogP contribution in [0.25, 0.3) is 10.9 Å². The SMILES string of the molecule is O=C(COc1ccc(Br)c2c1CCC2)N/N=C/c1cc2cc(F)ccc2[nH]c1=O. The highest BCUT2D eigenvalue weighted by molar-refractivity contribution is 9.10. The van der Waals surface area contributed by atoms with Gasteiger partial charge in [0.2, 0.25) is 0 Å². The van der Waals surface area contributed by atoms with E-state index in [0.717, 1.165) is 29.3 Å². The van der Waals surface area contributed by atoms with Crippen LogP contribution in [0.3, 0.4) is 0 Å². The number of rotatable bonds is 5. The molecule has 0 saturated heterocycles. The van der Waals surface area contributed by atoms with E-state index in [1.54, 1.807) is 0 Å². The van der Waals surface area contributed by atoms with Gasteiger partial charge in [0.05, 0.1) is 11.8 Å². The normalized spacial score (nSPS) is 13.0. The summed E-state index contributed by atoms with van der Waals surface area (Å²) in [6.45, 7) is -0.190. The van der Waals surface area contributed by atoms with Gasteiger partial charge in [-0.3, -0.25) is 9.59 Å². The Morgan fingerprint density at radius 2 is 2.07 bits per heavy atom. The fourth-order valence-electron chi connectivity index (χ4n) is 3.40. The molecule has 1 aliphatic carbocycles. The monoisotopic (exact) mass is 457 g/mol. The molecule has 8 heteroatoms. The maximum absolute atomic E-state index is 13.4. The number of H-pyrrole nitrogens is 1. The minimum absolute atomic E-state index is 0.190. The van der Waals surface area contributed by atoms with Gasteiger partial charge >= 0.3 is 0 Å². The van der Waals surface area contributed by atoms with Gasteiger partial charge in [-0.25, -0.2) is 9.82 Å². The Labute approximate surface area is 173 Å². The second kappa shape index (κ2) is 8.16. The molecule has 1 heterocycles. The summed E-state index contributed by atoms with van der Waals surface area (Å²) >= 11 is 3.54. The van der Waals surface area contributed by atoms with Crippen molar-refractivity contribution in [2.45, 2.75) is 19.3 Å². The number of aromatic amines is 1. The molecular weight excluding hydrogens is 441 g/mol. The Morgan fingerprint density at radius 1 is 1.24 bits per heavy atom. The van der Waals surface area contributed by atoms with Gasteiger partial charge in [-0.15, -0.1) is 0 Å². The number of nitrogens with zero attached hydrogens (tertiary/aromatic N) is 1. The van der Waals surface area contributed by atoms with E-state index in [2.05, 4.69) is 31.4 Å². The highest BCUT2D eigenvalue weighted by Crippen LogP contribution is 2.35. The van der Waals surface area contributed by atoms with Gasteiger partial charge in [0.15, 0.2) is 6.61 Å².